The van der Waals surface area contributed by atoms with Crippen molar-refractivity contribution in [3.05, 3.63) is 64.7 Å². The SMILES string of the molecule is Cc1c(N)cc(C(=O)NC(C)c2ccccc2F)cc1F. The summed E-state index contributed by atoms with van der Waals surface area (Å²) in [5, 5.41) is 2.63. The summed E-state index contributed by atoms with van der Waals surface area (Å²) in [5.74, 6) is -1.45. The number of anilines is 1. The summed E-state index contributed by atoms with van der Waals surface area (Å²) in [6, 6.07) is 8.15. The second kappa shape index (κ2) is 5.91. The van der Waals surface area contributed by atoms with Crippen LogP contribution in [0.1, 0.15) is 34.5 Å². The van der Waals surface area contributed by atoms with Gasteiger partial charge in [-0.15, -0.1) is 0 Å². The van der Waals surface area contributed by atoms with E-state index in [0.717, 1.165) is 6.07 Å². The lowest BCUT2D eigenvalue weighted by Gasteiger charge is -2.15. The van der Waals surface area contributed by atoms with Gasteiger partial charge in [-0.05, 0) is 32.0 Å². The van der Waals surface area contributed by atoms with Crippen molar-refractivity contribution in [2.75, 3.05) is 5.73 Å². The first-order valence-electron chi connectivity index (χ1n) is 6.51. The van der Waals surface area contributed by atoms with E-state index in [0.29, 0.717) is 11.1 Å². The van der Waals surface area contributed by atoms with E-state index in [4.69, 9.17) is 5.73 Å². The molecule has 3 N–H and O–H groups in total. The summed E-state index contributed by atoms with van der Waals surface area (Å²) in [6.07, 6.45) is 0. The van der Waals surface area contributed by atoms with Crippen molar-refractivity contribution in [3.8, 4) is 0 Å². The van der Waals surface area contributed by atoms with Gasteiger partial charge in [0.1, 0.15) is 11.6 Å². The van der Waals surface area contributed by atoms with Gasteiger partial charge >= 0.3 is 0 Å². The highest BCUT2D eigenvalue weighted by Gasteiger charge is 2.16. The van der Waals surface area contributed by atoms with E-state index < -0.39 is 23.6 Å². The first-order chi connectivity index (χ1) is 9.90. The second-order valence-corrected chi connectivity index (χ2v) is 4.89. The van der Waals surface area contributed by atoms with Crippen LogP contribution in [-0.4, -0.2) is 5.91 Å². The van der Waals surface area contributed by atoms with Crippen molar-refractivity contribution in [1.82, 2.24) is 5.32 Å². The Morgan fingerprint density at radius 2 is 1.86 bits per heavy atom. The molecule has 2 rings (SSSR count). The average molecular weight is 290 g/mol. The number of rotatable bonds is 3. The highest BCUT2D eigenvalue weighted by molar-refractivity contribution is 5.95. The van der Waals surface area contributed by atoms with Crippen LogP contribution < -0.4 is 11.1 Å². The fourth-order valence-electron chi connectivity index (χ4n) is 2.02. The number of nitrogens with one attached hydrogen (secondary N) is 1. The predicted molar refractivity (Wildman–Crippen MR) is 77.8 cm³/mol. The molecule has 0 aliphatic rings. The molecule has 0 heterocycles. The minimum Gasteiger partial charge on any atom is -0.398 e. The largest absolute Gasteiger partial charge is 0.398 e. The number of amides is 1. The molecule has 0 bridgehead atoms. The van der Waals surface area contributed by atoms with E-state index in [1.165, 1.54) is 19.1 Å². The van der Waals surface area contributed by atoms with Gasteiger partial charge < -0.3 is 11.1 Å². The maximum atomic E-state index is 13.6. The molecule has 0 radical (unpaired) electrons. The average Bonchev–Trinajstić information content (AvgIpc) is 2.44. The van der Waals surface area contributed by atoms with Gasteiger partial charge in [-0.2, -0.15) is 0 Å². The minimum atomic E-state index is -0.543. The summed E-state index contributed by atoms with van der Waals surface area (Å²) in [6.45, 7) is 3.19. The van der Waals surface area contributed by atoms with Crippen LogP contribution in [0.5, 0.6) is 0 Å². The number of carbonyl (C=O) groups is 1. The zero-order chi connectivity index (χ0) is 15.6. The van der Waals surface area contributed by atoms with Crippen molar-refractivity contribution in [2.45, 2.75) is 19.9 Å². The molecule has 1 amide bonds. The summed E-state index contributed by atoms with van der Waals surface area (Å²) in [7, 11) is 0. The highest BCUT2D eigenvalue weighted by Crippen LogP contribution is 2.20. The van der Waals surface area contributed by atoms with E-state index in [1.807, 2.05) is 0 Å². The highest BCUT2D eigenvalue weighted by atomic mass is 19.1. The number of hydrogen-bond donors (Lipinski definition) is 2. The fourth-order valence-corrected chi connectivity index (χ4v) is 2.02. The Kier molecular flexibility index (Phi) is 4.21. The normalized spacial score (nSPS) is 12.0. The molecule has 1 atom stereocenters. The molecule has 110 valence electrons. The van der Waals surface area contributed by atoms with Crippen LogP contribution in [0.4, 0.5) is 14.5 Å². The van der Waals surface area contributed by atoms with Crippen molar-refractivity contribution in [1.29, 1.82) is 0 Å². The van der Waals surface area contributed by atoms with Gasteiger partial charge in [0.05, 0.1) is 6.04 Å². The number of benzene rings is 2. The molecule has 0 saturated carbocycles. The van der Waals surface area contributed by atoms with E-state index in [-0.39, 0.29) is 11.3 Å². The molecule has 21 heavy (non-hydrogen) atoms. The number of halogens is 2. The van der Waals surface area contributed by atoms with Crippen LogP contribution in [0.15, 0.2) is 36.4 Å². The summed E-state index contributed by atoms with van der Waals surface area (Å²) >= 11 is 0. The molecular weight excluding hydrogens is 274 g/mol. The van der Waals surface area contributed by atoms with Gasteiger partial charge in [0.2, 0.25) is 0 Å². The van der Waals surface area contributed by atoms with Gasteiger partial charge in [-0.1, -0.05) is 18.2 Å². The van der Waals surface area contributed by atoms with Crippen LogP contribution >= 0.6 is 0 Å². The lowest BCUT2D eigenvalue weighted by Crippen LogP contribution is -2.27. The molecule has 0 spiro atoms. The zero-order valence-electron chi connectivity index (χ0n) is 11.8. The zero-order valence-corrected chi connectivity index (χ0v) is 11.8. The minimum absolute atomic E-state index is 0.110. The van der Waals surface area contributed by atoms with E-state index in [1.54, 1.807) is 25.1 Å². The number of nitrogens with two attached hydrogens (primary N) is 1. The summed E-state index contributed by atoms with van der Waals surface area (Å²) < 4.78 is 27.2. The Labute approximate surface area is 121 Å². The molecule has 0 saturated heterocycles. The molecule has 2 aromatic carbocycles. The second-order valence-electron chi connectivity index (χ2n) is 4.89. The third-order valence-electron chi connectivity index (χ3n) is 3.37. The molecule has 0 aliphatic carbocycles. The molecule has 3 nitrogen and oxygen atoms in total. The summed E-state index contributed by atoms with van der Waals surface area (Å²) in [5.41, 5.74) is 6.63. The molecule has 0 fully saturated rings. The monoisotopic (exact) mass is 290 g/mol. The van der Waals surface area contributed by atoms with Crippen LogP contribution in [0.2, 0.25) is 0 Å². The lowest BCUT2D eigenvalue weighted by molar-refractivity contribution is 0.0939. The molecule has 1 unspecified atom stereocenters. The topological polar surface area (TPSA) is 55.1 Å². The van der Waals surface area contributed by atoms with Crippen LogP contribution in [0.3, 0.4) is 0 Å². The Morgan fingerprint density at radius 1 is 1.19 bits per heavy atom. The van der Waals surface area contributed by atoms with Gasteiger partial charge in [-0.3, -0.25) is 4.79 Å². The Bertz CT molecular complexity index is 663. The molecule has 2 aromatic rings. The number of nitrogen functional groups attached to an aromatic ring is 1. The first-order valence-corrected chi connectivity index (χ1v) is 6.51. The first kappa shape index (κ1) is 15.0. The molecule has 0 aromatic heterocycles. The smallest absolute Gasteiger partial charge is 0.251 e. The fraction of sp³-hybridized carbons (Fsp3) is 0.188. The maximum absolute atomic E-state index is 13.6. The Balaban J connectivity index is 2.20. The molecule has 0 aliphatic heterocycles. The Morgan fingerprint density at radius 3 is 2.48 bits per heavy atom. The maximum Gasteiger partial charge on any atom is 0.251 e. The Hall–Kier alpha value is -2.43. The van der Waals surface area contributed by atoms with E-state index in [9.17, 15) is 13.6 Å². The quantitative estimate of drug-likeness (QED) is 0.852. The van der Waals surface area contributed by atoms with Crippen LogP contribution in [0.25, 0.3) is 0 Å². The standard InChI is InChI=1S/C16H16F2N2O/c1-9-14(18)7-11(8-15(9)19)16(21)20-10(2)12-5-3-4-6-13(12)17/h3-8,10H,19H2,1-2H3,(H,20,21). The van der Waals surface area contributed by atoms with Crippen molar-refractivity contribution >= 4 is 11.6 Å². The predicted octanol–water partition coefficient (Wildman–Crippen LogP) is 3.35. The number of hydrogen-bond acceptors (Lipinski definition) is 2. The molecular formula is C16H16F2N2O. The van der Waals surface area contributed by atoms with Gasteiger partial charge in [0.25, 0.3) is 5.91 Å². The van der Waals surface area contributed by atoms with Crippen molar-refractivity contribution < 1.29 is 13.6 Å². The van der Waals surface area contributed by atoms with E-state index in [2.05, 4.69) is 5.32 Å². The van der Waals surface area contributed by atoms with Gasteiger partial charge in [0.15, 0.2) is 0 Å². The summed E-state index contributed by atoms with van der Waals surface area (Å²) in [4.78, 5) is 12.1. The molecule has 5 heteroatoms. The van der Waals surface area contributed by atoms with Crippen molar-refractivity contribution in [2.24, 2.45) is 0 Å². The van der Waals surface area contributed by atoms with Crippen molar-refractivity contribution in [3.63, 3.8) is 0 Å². The van der Waals surface area contributed by atoms with Crippen LogP contribution in [0, 0.1) is 18.6 Å². The third kappa shape index (κ3) is 3.18. The van der Waals surface area contributed by atoms with E-state index >= 15 is 0 Å². The lowest BCUT2D eigenvalue weighted by atomic mass is 10.1. The van der Waals surface area contributed by atoms with Gasteiger partial charge in [0, 0.05) is 22.4 Å². The third-order valence-corrected chi connectivity index (χ3v) is 3.37. The number of carbonyl (C=O) groups excluding carboxylic acids is 1. The van der Waals surface area contributed by atoms with Crippen LogP contribution in [-0.2, 0) is 0 Å². The van der Waals surface area contributed by atoms with Gasteiger partial charge in [-0.25, -0.2) is 8.78 Å².